The highest BCUT2D eigenvalue weighted by atomic mass is 16.5. The Kier molecular flexibility index (Phi) is 4.38. The lowest BCUT2D eigenvalue weighted by atomic mass is 10.0. The summed E-state index contributed by atoms with van der Waals surface area (Å²) in [5, 5.41) is 3.51. The molecule has 1 atom stereocenters. The van der Waals surface area contributed by atoms with E-state index >= 15 is 0 Å². The lowest BCUT2D eigenvalue weighted by molar-refractivity contribution is -0.0159. The highest BCUT2D eigenvalue weighted by Gasteiger charge is 2.34. The highest BCUT2D eigenvalue weighted by Crippen LogP contribution is 2.22. The van der Waals surface area contributed by atoms with Crippen LogP contribution in [0, 0.1) is 13.8 Å². The van der Waals surface area contributed by atoms with Gasteiger partial charge in [-0.15, -0.1) is 0 Å². The average Bonchev–Trinajstić information content (AvgIpc) is 2.82. The molecule has 1 aromatic rings. The molecule has 1 fully saturated rings. The summed E-state index contributed by atoms with van der Waals surface area (Å²) < 4.78 is 11.0. The zero-order valence-corrected chi connectivity index (χ0v) is 11.6. The lowest BCUT2D eigenvalue weighted by Gasteiger charge is -2.26. The van der Waals surface area contributed by atoms with E-state index in [1.54, 1.807) is 7.11 Å². The summed E-state index contributed by atoms with van der Waals surface area (Å²) in [6.07, 6.45) is 0.975. The first-order valence-electron chi connectivity index (χ1n) is 6.56. The fourth-order valence-corrected chi connectivity index (χ4v) is 2.50. The predicted molar refractivity (Wildman–Crippen MR) is 72.8 cm³/mol. The number of hydrogen-bond donors (Lipinski definition) is 1. The van der Waals surface area contributed by atoms with Crippen LogP contribution in [0.4, 0.5) is 0 Å². The molecule has 1 unspecified atom stereocenters. The summed E-state index contributed by atoms with van der Waals surface area (Å²) in [5.41, 5.74) is 3.95. The Hall–Kier alpha value is -0.900. The van der Waals surface area contributed by atoms with Crippen molar-refractivity contribution in [1.29, 1.82) is 0 Å². The van der Waals surface area contributed by atoms with E-state index in [1.165, 1.54) is 16.7 Å². The molecule has 3 heteroatoms. The number of methoxy groups -OCH3 is 1. The summed E-state index contributed by atoms with van der Waals surface area (Å²) in [5.74, 6) is 0. The number of rotatable bonds is 5. The van der Waals surface area contributed by atoms with Crippen LogP contribution in [0.2, 0.25) is 0 Å². The minimum absolute atomic E-state index is 0.128. The van der Waals surface area contributed by atoms with Crippen LogP contribution < -0.4 is 5.32 Å². The zero-order chi connectivity index (χ0) is 13.0. The first-order chi connectivity index (χ1) is 8.67. The number of ether oxygens (including phenoxy) is 2. The highest BCUT2D eigenvalue weighted by molar-refractivity contribution is 5.33. The molecule has 1 aliphatic heterocycles. The second-order valence-corrected chi connectivity index (χ2v) is 5.16. The summed E-state index contributed by atoms with van der Waals surface area (Å²) in [6.45, 7) is 7.56. The molecule has 0 amide bonds. The summed E-state index contributed by atoms with van der Waals surface area (Å²) in [7, 11) is 1.77. The van der Waals surface area contributed by atoms with E-state index in [4.69, 9.17) is 9.47 Å². The van der Waals surface area contributed by atoms with Crippen LogP contribution in [0.3, 0.4) is 0 Å². The van der Waals surface area contributed by atoms with Gasteiger partial charge in [-0.3, -0.25) is 0 Å². The van der Waals surface area contributed by atoms with E-state index in [9.17, 15) is 0 Å². The largest absolute Gasteiger partial charge is 0.378 e. The van der Waals surface area contributed by atoms with Crippen molar-refractivity contribution in [2.45, 2.75) is 32.4 Å². The molecular formula is C15H23NO2. The molecule has 3 nitrogen and oxygen atoms in total. The third-order valence-corrected chi connectivity index (χ3v) is 3.89. The van der Waals surface area contributed by atoms with Crippen LogP contribution in [-0.2, 0) is 16.0 Å². The minimum atomic E-state index is -0.128. The maximum absolute atomic E-state index is 5.61. The van der Waals surface area contributed by atoms with Gasteiger partial charge in [0, 0.05) is 33.2 Å². The quantitative estimate of drug-likeness (QED) is 0.868. The van der Waals surface area contributed by atoms with Gasteiger partial charge < -0.3 is 14.8 Å². The van der Waals surface area contributed by atoms with Gasteiger partial charge in [0.25, 0.3) is 0 Å². The molecule has 2 rings (SSSR count). The predicted octanol–water partition coefficient (Wildman–Crippen LogP) is 2.20. The molecule has 0 aromatic heterocycles. The second kappa shape index (κ2) is 5.83. The van der Waals surface area contributed by atoms with Gasteiger partial charge >= 0.3 is 0 Å². The molecule has 1 heterocycles. The zero-order valence-electron chi connectivity index (χ0n) is 11.6. The van der Waals surface area contributed by atoms with E-state index in [1.807, 2.05) is 0 Å². The van der Waals surface area contributed by atoms with Gasteiger partial charge in [-0.05, 0) is 30.5 Å². The Morgan fingerprint density at radius 3 is 2.61 bits per heavy atom. The molecule has 0 spiro atoms. The van der Waals surface area contributed by atoms with E-state index in [-0.39, 0.29) is 5.60 Å². The first-order valence-corrected chi connectivity index (χ1v) is 6.56. The normalized spacial score (nSPS) is 23.5. The van der Waals surface area contributed by atoms with Crippen molar-refractivity contribution in [1.82, 2.24) is 5.32 Å². The number of hydrogen-bond acceptors (Lipinski definition) is 3. The van der Waals surface area contributed by atoms with Gasteiger partial charge in [0.1, 0.15) is 5.60 Å². The lowest BCUT2D eigenvalue weighted by Crippen LogP contribution is -2.42. The van der Waals surface area contributed by atoms with Crippen LogP contribution in [0.5, 0.6) is 0 Å². The van der Waals surface area contributed by atoms with Crippen molar-refractivity contribution in [2.24, 2.45) is 0 Å². The molecular weight excluding hydrogens is 226 g/mol. The van der Waals surface area contributed by atoms with E-state index in [2.05, 4.69) is 37.4 Å². The van der Waals surface area contributed by atoms with Crippen LogP contribution in [0.25, 0.3) is 0 Å². The maximum Gasteiger partial charge on any atom is 0.106 e. The fourth-order valence-electron chi connectivity index (χ4n) is 2.50. The first kappa shape index (κ1) is 13.5. The molecule has 1 saturated heterocycles. The third kappa shape index (κ3) is 2.91. The molecule has 0 bridgehead atoms. The Labute approximate surface area is 109 Å². The van der Waals surface area contributed by atoms with Crippen molar-refractivity contribution >= 4 is 0 Å². The average molecular weight is 249 g/mol. The SMILES string of the molecule is COC1(CNCc2c(C)cccc2C)CCOC1. The van der Waals surface area contributed by atoms with E-state index in [0.29, 0.717) is 6.61 Å². The van der Waals surface area contributed by atoms with Gasteiger partial charge in [0.2, 0.25) is 0 Å². The molecule has 18 heavy (non-hydrogen) atoms. The number of nitrogens with one attached hydrogen (secondary N) is 1. The second-order valence-electron chi connectivity index (χ2n) is 5.16. The van der Waals surface area contributed by atoms with Crippen molar-refractivity contribution in [3.05, 3.63) is 34.9 Å². The Bertz CT molecular complexity index is 377. The molecule has 1 N–H and O–H groups in total. The van der Waals surface area contributed by atoms with Crippen LogP contribution >= 0.6 is 0 Å². The minimum Gasteiger partial charge on any atom is -0.378 e. The van der Waals surface area contributed by atoms with Crippen LogP contribution in [0.15, 0.2) is 18.2 Å². The Morgan fingerprint density at radius 1 is 1.33 bits per heavy atom. The van der Waals surface area contributed by atoms with E-state index < -0.39 is 0 Å². The molecule has 0 saturated carbocycles. The standard InChI is InChI=1S/C15H23NO2/c1-12-5-4-6-13(2)14(12)9-16-10-15(17-3)7-8-18-11-15/h4-6,16H,7-11H2,1-3H3. The van der Waals surface area contributed by atoms with E-state index in [0.717, 1.165) is 26.1 Å². The molecule has 0 aliphatic carbocycles. The van der Waals surface area contributed by atoms with Gasteiger partial charge in [-0.25, -0.2) is 0 Å². The Morgan fingerprint density at radius 2 is 2.06 bits per heavy atom. The smallest absolute Gasteiger partial charge is 0.106 e. The fraction of sp³-hybridized carbons (Fsp3) is 0.600. The molecule has 1 aliphatic rings. The monoisotopic (exact) mass is 249 g/mol. The van der Waals surface area contributed by atoms with Crippen molar-refractivity contribution in [2.75, 3.05) is 26.9 Å². The van der Waals surface area contributed by atoms with Gasteiger partial charge in [0.15, 0.2) is 0 Å². The van der Waals surface area contributed by atoms with Crippen LogP contribution in [-0.4, -0.2) is 32.5 Å². The van der Waals surface area contributed by atoms with Crippen molar-refractivity contribution < 1.29 is 9.47 Å². The van der Waals surface area contributed by atoms with Gasteiger partial charge in [0.05, 0.1) is 6.61 Å². The Balaban J connectivity index is 1.92. The van der Waals surface area contributed by atoms with Gasteiger partial charge in [-0.1, -0.05) is 18.2 Å². The van der Waals surface area contributed by atoms with Crippen LogP contribution in [0.1, 0.15) is 23.1 Å². The summed E-state index contributed by atoms with van der Waals surface area (Å²) in [6, 6.07) is 6.43. The summed E-state index contributed by atoms with van der Waals surface area (Å²) in [4.78, 5) is 0. The topological polar surface area (TPSA) is 30.5 Å². The summed E-state index contributed by atoms with van der Waals surface area (Å²) >= 11 is 0. The third-order valence-electron chi connectivity index (χ3n) is 3.89. The van der Waals surface area contributed by atoms with Gasteiger partial charge in [-0.2, -0.15) is 0 Å². The maximum atomic E-state index is 5.61. The number of aryl methyl sites for hydroxylation is 2. The number of benzene rings is 1. The van der Waals surface area contributed by atoms with Crippen molar-refractivity contribution in [3.63, 3.8) is 0 Å². The van der Waals surface area contributed by atoms with Crippen molar-refractivity contribution in [3.8, 4) is 0 Å². The molecule has 0 radical (unpaired) electrons. The molecule has 1 aromatic carbocycles. The molecule has 100 valence electrons.